The summed E-state index contributed by atoms with van der Waals surface area (Å²) in [7, 11) is 0. The van der Waals surface area contributed by atoms with Crippen LogP contribution < -0.4 is 5.32 Å². The summed E-state index contributed by atoms with van der Waals surface area (Å²) in [4.78, 5) is 10.4. The van der Waals surface area contributed by atoms with Gasteiger partial charge >= 0.3 is 5.97 Å². The van der Waals surface area contributed by atoms with Crippen LogP contribution in [-0.2, 0) is 4.79 Å². The molecule has 2 N–H and O–H groups in total. The predicted molar refractivity (Wildman–Crippen MR) is 42.4 cm³/mol. The molecule has 0 aromatic rings. The van der Waals surface area contributed by atoms with Crippen molar-refractivity contribution in [3.63, 3.8) is 0 Å². The topological polar surface area (TPSA) is 49.3 Å². The van der Waals surface area contributed by atoms with Gasteiger partial charge < -0.3 is 10.4 Å². The van der Waals surface area contributed by atoms with Crippen molar-refractivity contribution in [3.8, 4) is 0 Å². The van der Waals surface area contributed by atoms with Crippen LogP contribution in [0.25, 0.3) is 0 Å². The first-order valence-electron chi connectivity index (χ1n) is 4.01. The number of hydrogen-bond donors (Lipinski definition) is 2. The fraction of sp³-hybridized carbons (Fsp3) is 0.875. The maximum Gasteiger partial charge on any atom is 0.307 e. The molecule has 0 radical (unpaired) electrons. The summed E-state index contributed by atoms with van der Waals surface area (Å²) in [5.41, 5.74) is 0.254. The summed E-state index contributed by atoms with van der Waals surface area (Å²) in [5.74, 6) is -0.992. The SMILES string of the molecule is CC(CNC1(C)CC1)C(=O)O. The van der Waals surface area contributed by atoms with Crippen LogP contribution >= 0.6 is 0 Å². The molecule has 1 aliphatic carbocycles. The van der Waals surface area contributed by atoms with Gasteiger partial charge in [-0.3, -0.25) is 4.79 Å². The first-order chi connectivity index (χ1) is 5.03. The van der Waals surface area contributed by atoms with Gasteiger partial charge in [-0.15, -0.1) is 0 Å². The number of carboxylic acid groups (broad SMARTS) is 1. The minimum atomic E-state index is -0.721. The molecule has 0 bridgehead atoms. The Morgan fingerprint density at radius 2 is 2.27 bits per heavy atom. The highest BCUT2D eigenvalue weighted by Gasteiger charge is 2.36. The first kappa shape index (κ1) is 8.53. The molecule has 11 heavy (non-hydrogen) atoms. The summed E-state index contributed by atoms with van der Waals surface area (Å²) in [6.07, 6.45) is 2.36. The second kappa shape index (κ2) is 2.81. The van der Waals surface area contributed by atoms with E-state index >= 15 is 0 Å². The normalized spacial score (nSPS) is 22.7. The molecule has 1 atom stereocenters. The van der Waals surface area contributed by atoms with Crippen LogP contribution in [0.5, 0.6) is 0 Å². The smallest absolute Gasteiger partial charge is 0.307 e. The quantitative estimate of drug-likeness (QED) is 0.636. The van der Waals surface area contributed by atoms with Crippen LogP contribution in [0.1, 0.15) is 26.7 Å². The highest BCUT2D eigenvalue weighted by atomic mass is 16.4. The van der Waals surface area contributed by atoms with Crippen molar-refractivity contribution in [2.75, 3.05) is 6.54 Å². The Kier molecular flexibility index (Phi) is 2.18. The van der Waals surface area contributed by atoms with Gasteiger partial charge in [0.1, 0.15) is 0 Å². The van der Waals surface area contributed by atoms with Gasteiger partial charge in [0.25, 0.3) is 0 Å². The van der Waals surface area contributed by atoms with Crippen molar-refractivity contribution >= 4 is 5.97 Å². The molecule has 1 fully saturated rings. The van der Waals surface area contributed by atoms with Gasteiger partial charge in [-0.1, -0.05) is 6.92 Å². The summed E-state index contributed by atoms with van der Waals surface area (Å²) >= 11 is 0. The maximum atomic E-state index is 10.4. The molecule has 1 unspecified atom stereocenters. The second-order valence-electron chi connectivity index (χ2n) is 3.68. The van der Waals surface area contributed by atoms with E-state index in [1.165, 1.54) is 12.8 Å². The third-order valence-electron chi connectivity index (χ3n) is 2.26. The average Bonchev–Trinajstić information content (AvgIpc) is 2.64. The van der Waals surface area contributed by atoms with E-state index in [0.717, 1.165) is 0 Å². The summed E-state index contributed by atoms with van der Waals surface area (Å²) < 4.78 is 0. The lowest BCUT2D eigenvalue weighted by Gasteiger charge is -2.13. The van der Waals surface area contributed by atoms with Crippen LogP contribution in [0.3, 0.4) is 0 Å². The standard InChI is InChI=1S/C8H15NO2/c1-6(7(10)11)5-9-8(2)3-4-8/h6,9H,3-5H2,1-2H3,(H,10,11). The molecule has 1 saturated carbocycles. The van der Waals surface area contributed by atoms with Crippen molar-refractivity contribution in [1.82, 2.24) is 5.32 Å². The van der Waals surface area contributed by atoms with E-state index in [4.69, 9.17) is 5.11 Å². The third-order valence-corrected chi connectivity index (χ3v) is 2.26. The Morgan fingerprint density at radius 3 is 2.64 bits per heavy atom. The number of carbonyl (C=O) groups is 1. The molecule has 0 aromatic heterocycles. The van der Waals surface area contributed by atoms with Crippen LogP contribution in [0.4, 0.5) is 0 Å². The number of rotatable bonds is 4. The average molecular weight is 157 g/mol. The van der Waals surface area contributed by atoms with Crippen molar-refractivity contribution in [2.24, 2.45) is 5.92 Å². The molecule has 3 nitrogen and oxygen atoms in total. The molecule has 0 amide bonds. The molecule has 0 spiro atoms. The molecule has 0 aromatic carbocycles. The highest BCUT2D eigenvalue weighted by Crippen LogP contribution is 2.34. The third kappa shape index (κ3) is 2.50. The van der Waals surface area contributed by atoms with E-state index in [-0.39, 0.29) is 11.5 Å². The van der Waals surface area contributed by atoms with Crippen molar-refractivity contribution in [2.45, 2.75) is 32.2 Å². The van der Waals surface area contributed by atoms with Crippen molar-refractivity contribution < 1.29 is 9.90 Å². The molecular formula is C8H15NO2. The second-order valence-corrected chi connectivity index (χ2v) is 3.68. The highest BCUT2D eigenvalue weighted by molar-refractivity contribution is 5.69. The van der Waals surface area contributed by atoms with Gasteiger partial charge in [0.05, 0.1) is 5.92 Å². The Balaban J connectivity index is 2.16. The lowest BCUT2D eigenvalue weighted by molar-refractivity contribution is -0.140. The van der Waals surface area contributed by atoms with E-state index < -0.39 is 5.97 Å². The molecule has 1 aliphatic rings. The zero-order valence-electron chi connectivity index (χ0n) is 7.05. The Morgan fingerprint density at radius 1 is 1.73 bits per heavy atom. The van der Waals surface area contributed by atoms with E-state index in [1.807, 2.05) is 0 Å². The van der Waals surface area contributed by atoms with Crippen molar-refractivity contribution in [3.05, 3.63) is 0 Å². The van der Waals surface area contributed by atoms with Crippen LogP contribution in [-0.4, -0.2) is 23.2 Å². The van der Waals surface area contributed by atoms with Gasteiger partial charge in [-0.25, -0.2) is 0 Å². The lowest BCUT2D eigenvalue weighted by atomic mass is 10.1. The van der Waals surface area contributed by atoms with Gasteiger partial charge in [-0.05, 0) is 19.8 Å². The Bertz CT molecular complexity index is 163. The molecule has 3 heteroatoms. The zero-order chi connectivity index (χ0) is 8.48. The number of aliphatic carboxylic acids is 1. The Hall–Kier alpha value is -0.570. The van der Waals surface area contributed by atoms with Crippen LogP contribution in [0.2, 0.25) is 0 Å². The fourth-order valence-corrected chi connectivity index (χ4v) is 0.851. The minimum absolute atomic E-state index is 0.254. The summed E-state index contributed by atoms with van der Waals surface area (Å²) in [6.45, 7) is 4.44. The summed E-state index contributed by atoms with van der Waals surface area (Å²) in [6, 6.07) is 0. The fourth-order valence-electron chi connectivity index (χ4n) is 0.851. The number of hydrogen-bond acceptors (Lipinski definition) is 2. The first-order valence-corrected chi connectivity index (χ1v) is 4.01. The largest absolute Gasteiger partial charge is 0.481 e. The number of nitrogens with one attached hydrogen (secondary N) is 1. The lowest BCUT2D eigenvalue weighted by Crippen LogP contribution is -2.34. The van der Waals surface area contributed by atoms with E-state index in [1.54, 1.807) is 6.92 Å². The molecule has 0 heterocycles. The minimum Gasteiger partial charge on any atom is -0.481 e. The molecular weight excluding hydrogens is 142 g/mol. The molecule has 64 valence electrons. The van der Waals surface area contributed by atoms with E-state index in [2.05, 4.69) is 12.2 Å². The van der Waals surface area contributed by atoms with Gasteiger partial charge in [0.2, 0.25) is 0 Å². The van der Waals surface area contributed by atoms with E-state index in [0.29, 0.717) is 6.54 Å². The maximum absolute atomic E-state index is 10.4. The monoisotopic (exact) mass is 157 g/mol. The molecule has 0 aliphatic heterocycles. The van der Waals surface area contributed by atoms with Gasteiger partial charge in [0.15, 0.2) is 0 Å². The van der Waals surface area contributed by atoms with E-state index in [9.17, 15) is 4.79 Å². The number of carboxylic acids is 1. The zero-order valence-corrected chi connectivity index (χ0v) is 7.05. The van der Waals surface area contributed by atoms with Crippen molar-refractivity contribution in [1.29, 1.82) is 0 Å². The van der Waals surface area contributed by atoms with Crippen LogP contribution in [0.15, 0.2) is 0 Å². The molecule has 0 saturated heterocycles. The van der Waals surface area contributed by atoms with Gasteiger partial charge in [-0.2, -0.15) is 0 Å². The molecule has 1 rings (SSSR count). The van der Waals surface area contributed by atoms with Crippen LogP contribution in [0, 0.1) is 5.92 Å². The Labute approximate surface area is 66.8 Å². The predicted octanol–water partition coefficient (Wildman–Crippen LogP) is 0.849. The summed E-state index contributed by atoms with van der Waals surface area (Å²) in [5, 5.41) is 11.8. The van der Waals surface area contributed by atoms with Gasteiger partial charge in [0, 0.05) is 12.1 Å².